The molecule has 0 aliphatic carbocycles. The fourth-order valence-electron chi connectivity index (χ4n) is 4.83. The highest BCUT2D eigenvalue weighted by Crippen LogP contribution is 2.29. The number of rotatable bonds is 15. The van der Waals surface area contributed by atoms with E-state index in [0.29, 0.717) is 25.0 Å². The van der Waals surface area contributed by atoms with Gasteiger partial charge in [-0.15, -0.1) is 0 Å². The van der Waals surface area contributed by atoms with E-state index in [1.165, 1.54) is 0 Å². The molecule has 208 valence electrons. The minimum Gasteiger partial charge on any atom is -0.504 e. The molecule has 8 nitrogen and oxygen atoms in total. The first-order chi connectivity index (χ1) is 18.8. The van der Waals surface area contributed by atoms with Gasteiger partial charge < -0.3 is 36.0 Å². The van der Waals surface area contributed by atoms with Crippen molar-refractivity contribution in [3.05, 3.63) is 83.3 Å². The number of unbranched alkanes of at least 4 members (excludes halogenated alkanes) is 2. The van der Waals surface area contributed by atoms with Crippen LogP contribution >= 0.6 is 0 Å². The maximum Gasteiger partial charge on any atom is 0.165 e. The lowest BCUT2D eigenvalue weighted by Crippen LogP contribution is -2.20. The van der Waals surface area contributed by atoms with Crippen LogP contribution in [0.5, 0.6) is 11.5 Å². The first-order valence-electron chi connectivity index (χ1n) is 13.7. The molecule has 0 amide bonds. The Labute approximate surface area is 229 Å². The van der Waals surface area contributed by atoms with E-state index < -0.39 is 12.3 Å². The van der Waals surface area contributed by atoms with Crippen molar-refractivity contribution in [2.75, 3.05) is 0 Å². The number of hydrogen-bond acceptors (Lipinski definition) is 6. The van der Waals surface area contributed by atoms with Gasteiger partial charge in [0.2, 0.25) is 0 Å². The molecule has 0 bridgehead atoms. The van der Waals surface area contributed by atoms with Crippen molar-refractivity contribution in [2.24, 2.45) is 11.5 Å². The van der Waals surface area contributed by atoms with E-state index >= 15 is 0 Å². The molecule has 8 heteroatoms. The molecule has 2 aromatic heterocycles. The second-order valence-electron chi connectivity index (χ2n) is 10.3. The summed E-state index contributed by atoms with van der Waals surface area (Å²) in [7, 11) is 0. The van der Waals surface area contributed by atoms with Gasteiger partial charge in [-0.3, -0.25) is 4.79 Å². The molecule has 0 radical (unpaired) electrons. The van der Waals surface area contributed by atoms with Gasteiger partial charge in [0.1, 0.15) is 5.78 Å². The molecular formula is C31H40N4O4. The largest absolute Gasteiger partial charge is 0.504 e. The number of ketones is 1. The van der Waals surface area contributed by atoms with E-state index in [4.69, 9.17) is 16.2 Å². The fraction of sp³-hybridized carbons (Fsp3) is 0.387. The molecule has 7 N–H and O–H groups in total. The Morgan fingerprint density at radius 2 is 1.95 bits per heavy atom. The summed E-state index contributed by atoms with van der Waals surface area (Å²) in [4.78, 5) is 15.6. The third-order valence-corrected chi connectivity index (χ3v) is 7.05. The summed E-state index contributed by atoms with van der Waals surface area (Å²) >= 11 is 0. The third-order valence-electron chi connectivity index (χ3n) is 7.05. The summed E-state index contributed by atoms with van der Waals surface area (Å²) in [6.07, 6.45) is 10.5. The van der Waals surface area contributed by atoms with Gasteiger partial charge >= 0.3 is 0 Å². The number of carbonyl (C=O) groups is 1. The topological polar surface area (TPSA) is 140 Å². The molecule has 2 heterocycles. The standard InChI is InChI=1S/C31H40N4O4/c1-2-3-4-8-25(36)16-26(37)11-9-21-10-12-29(38)30(15-21)39-20-35-18-27-24(17-34-28(27)19-35)14-22-6-5-7-23(13-22)31(32)33/h5-7,10,12-13,15,17-19,25,31,34,36,38H,2-4,8-9,11,14,16,20,32-33H2,1H3/t25-/m1/s1. The number of aliphatic hydroxyl groups is 1. The second-order valence-corrected chi connectivity index (χ2v) is 10.3. The van der Waals surface area contributed by atoms with Crippen LogP contribution in [0.25, 0.3) is 10.9 Å². The number of carbonyl (C=O) groups excluding carboxylic acids is 1. The Balaban J connectivity index is 1.33. The third kappa shape index (κ3) is 7.95. The number of nitrogens with one attached hydrogen (secondary N) is 1. The lowest BCUT2D eigenvalue weighted by Gasteiger charge is -2.12. The van der Waals surface area contributed by atoms with Crippen LogP contribution in [-0.4, -0.2) is 31.7 Å². The lowest BCUT2D eigenvalue weighted by atomic mass is 10.0. The molecule has 39 heavy (non-hydrogen) atoms. The number of phenolic OH excluding ortho intramolecular Hbond substituents is 1. The number of aliphatic hydroxyl groups excluding tert-OH is 1. The number of aromatic amines is 1. The molecule has 0 saturated heterocycles. The Kier molecular flexibility index (Phi) is 9.81. The smallest absolute Gasteiger partial charge is 0.165 e. The van der Waals surface area contributed by atoms with Crippen LogP contribution in [0.1, 0.15) is 73.9 Å². The van der Waals surface area contributed by atoms with E-state index in [0.717, 1.165) is 58.8 Å². The monoisotopic (exact) mass is 532 g/mol. The number of aromatic nitrogens is 2. The molecule has 0 spiro atoms. The summed E-state index contributed by atoms with van der Waals surface area (Å²) in [6.45, 7) is 2.34. The number of benzene rings is 2. The van der Waals surface area contributed by atoms with Gasteiger partial charge in [0, 0.05) is 36.8 Å². The average molecular weight is 533 g/mol. The van der Waals surface area contributed by atoms with Crippen molar-refractivity contribution in [3.63, 3.8) is 0 Å². The number of nitrogens with two attached hydrogens (primary N) is 2. The molecule has 0 aliphatic heterocycles. The Morgan fingerprint density at radius 3 is 2.74 bits per heavy atom. The minimum atomic E-state index is -0.565. The fourth-order valence-corrected chi connectivity index (χ4v) is 4.83. The molecule has 1 atom stereocenters. The highest BCUT2D eigenvalue weighted by Gasteiger charge is 2.13. The van der Waals surface area contributed by atoms with Crippen molar-refractivity contribution in [1.29, 1.82) is 0 Å². The van der Waals surface area contributed by atoms with E-state index in [1.54, 1.807) is 18.2 Å². The van der Waals surface area contributed by atoms with E-state index in [1.807, 2.05) is 41.4 Å². The summed E-state index contributed by atoms with van der Waals surface area (Å²) in [5.74, 6) is 0.463. The molecule has 2 aromatic carbocycles. The minimum absolute atomic E-state index is 0.0466. The summed E-state index contributed by atoms with van der Waals surface area (Å²) in [6, 6.07) is 13.1. The predicted octanol–water partition coefficient (Wildman–Crippen LogP) is 5.05. The first-order valence-corrected chi connectivity index (χ1v) is 13.7. The Morgan fingerprint density at radius 1 is 1.10 bits per heavy atom. The molecule has 0 unspecified atom stereocenters. The second kappa shape index (κ2) is 13.5. The van der Waals surface area contributed by atoms with Gasteiger partial charge in [0.05, 0.1) is 17.8 Å². The van der Waals surface area contributed by atoms with Crippen molar-refractivity contribution in [3.8, 4) is 11.5 Å². The Bertz CT molecular complexity index is 1370. The van der Waals surface area contributed by atoms with Crippen LogP contribution in [0, 0.1) is 0 Å². The number of fused-ring (bicyclic) bond motifs is 1. The normalized spacial score (nSPS) is 12.3. The maximum atomic E-state index is 12.3. The van der Waals surface area contributed by atoms with Crippen molar-refractivity contribution in [1.82, 2.24) is 9.55 Å². The summed E-state index contributed by atoms with van der Waals surface area (Å²) in [5, 5.41) is 21.5. The van der Waals surface area contributed by atoms with Gasteiger partial charge in [0.25, 0.3) is 0 Å². The van der Waals surface area contributed by atoms with Crippen molar-refractivity contribution < 1.29 is 19.7 Å². The van der Waals surface area contributed by atoms with Gasteiger partial charge in [-0.2, -0.15) is 0 Å². The van der Waals surface area contributed by atoms with Crippen LogP contribution in [0.3, 0.4) is 0 Å². The highest BCUT2D eigenvalue weighted by atomic mass is 16.5. The number of aryl methyl sites for hydroxylation is 1. The zero-order valence-corrected chi connectivity index (χ0v) is 22.6. The zero-order chi connectivity index (χ0) is 27.8. The van der Waals surface area contributed by atoms with Gasteiger partial charge in [-0.25, -0.2) is 0 Å². The van der Waals surface area contributed by atoms with Gasteiger partial charge in [-0.05, 0) is 53.6 Å². The van der Waals surface area contributed by atoms with Crippen molar-refractivity contribution in [2.45, 2.75) is 77.3 Å². The summed E-state index contributed by atoms with van der Waals surface area (Å²) < 4.78 is 7.86. The van der Waals surface area contributed by atoms with Gasteiger partial charge in [-0.1, -0.05) is 56.5 Å². The van der Waals surface area contributed by atoms with Crippen LogP contribution in [0.15, 0.2) is 61.1 Å². The molecule has 4 rings (SSSR count). The maximum absolute atomic E-state index is 12.3. The Hall–Kier alpha value is -3.59. The summed E-state index contributed by atoms with van der Waals surface area (Å²) in [5.41, 5.74) is 16.7. The molecule has 0 fully saturated rings. The number of nitrogens with zero attached hydrogens (tertiary/aromatic N) is 1. The number of H-pyrrole nitrogens is 1. The lowest BCUT2D eigenvalue weighted by molar-refractivity contribution is -0.121. The SMILES string of the molecule is CCCCC[C@@H](O)CC(=O)CCc1ccc(O)c(OCn2cc3[nH]cc(Cc4cccc(C(N)N)c4)c3c2)c1. The predicted molar refractivity (Wildman–Crippen MR) is 153 cm³/mol. The van der Waals surface area contributed by atoms with Crippen LogP contribution in [0.2, 0.25) is 0 Å². The van der Waals surface area contributed by atoms with E-state index in [-0.39, 0.29) is 24.7 Å². The van der Waals surface area contributed by atoms with Gasteiger partial charge in [0.15, 0.2) is 18.2 Å². The van der Waals surface area contributed by atoms with Crippen LogP contribution in [-0.2, 0) is 24.4 Å². The average Bonchev–Trinajstić information content (AvgIpc) is 3.49. The highest BCUT2D eigenvalue weighted by molar-refractivity contribution is 5.83. The number of phenols is 1. The van der Waals surface area contributed by atoms with Crippen LogP contribution < -0.4 is 16.2 Å². The number of Topliss-reactive ketones (excluding diaryl/α,β-unsaturated/α-hetero) is 1. The molecule has 4 aromatic rings. The first kappa shape index (κ1) is 28.4. The van der Waals surface area contributed by atoms with E-state index in [9.17, 15) is 15.0 Å². The van der Waals surface area contributed by atoms with Crippen molar-refractivity contribution >= 4 is 16.7 Å². The number of ether oxygens (including phenoxy) is 1. The molecule has 0 aliphatic rings. The quantitative estimate of drug-likeness (QED) is 0.107. The van der Waals surface area contributed by atoms with Crippen LogP contribution in [0.4, 0.5) is 0 Å². The molecule has 0 saturated carbocycles. The zero-order valence-electron chi connectivity index (χ0n) is 22.6. The van der Waals surface area contributed by atoms with E-state index in [2.05, 4.69) is 18.0 Å². The molecular weight excluding hydrogens is 492 g/mol. The number of aromatic hydroxyl groups is 1. The number of hydrogen-bond donors (Lipinski definition) is 5.